The van der Waals surface area contributed by atoms with Gasteiger partial charge >= 0.3 is 0 Å². The third-order valence-electron chi connectivity index (χ3n) is 14.0. The SMILES string of the molecule is Cc1c(N2CCC3(CCN(c4ccc(C(=O)N5CCC(N6Cc7cc8c(cc7C6)C(=O)N(C6CCC(=O)NC6=O)C8=O)CC5)cc4)CC3)C2C)ccc(C#N)c1Cl. The summed E-state index contributed by atoms with van der Waals surface area (Å²) in [5.41, 5.74) is 7.33. The van der Waals surface area contributed by atoms with Gasteiger partial charge in [0.25, 0.3) is 17.7 Å². The summed E-state index contributed by atoms with van der Waals surface area (Å²) in [5.74, 6) is -1.92. The Balaban J connectivity index is 0.771. The molecular formula is C44H46ClN7O5. The zero-order chi connectivity index (χ0) is 39.7. The van der Waals surface area contributed by atoms with Crippen molar-refractivity contribution in [3.8, 4) is 6.07 Å². The van der Waals surface area contributed by atoms with E-state index in [9.17, 15) is 29.2 Å². The van der Waals surface area contributed by atoms with E-state index < -0.39 is 29.7 Å². The predicted octanol–water partition coefficient (Wildman–Crippen LogP) is 5.43. The molecule has 6 aliphatic rings. The highest BCUT2D eigenvalue weighted by atomic mass is 35.5. The molecule has 4 saturated heterocycles. The quantitative estimate of drug-likeness (QED) is 0.336. The highest BCUT2D eigenvalue weighted by molar-refractivity contribution is 6.33. The average molecular weight is 788 g/mol. The number of hydrogen-bond donors (Lipinski definition) is 1. The molecule has 3 aromatic rings. The molecule has 12 nitrogen and oxygen atoms in total. The van der Waals surface area contributed by atoms with Crippen molar-refractivity contribution in [3.05, 3.63) is 92.5 Å². The van der Waals surface area contributed by atoms with Crippen molar-refractivity contribution in [2.24, 2.45) is 5.41 Å². The lowest BCUT2D eigenvalue weighted by Crippen LogP contribution is -2.54. The van der Waals surface area contributed by atoms with Crippen LogP contribution in [0, 0.1) is 23.7 Å². The maximum absolute atomic E-state index is 13.6. The van der Waals surface area contributed by atoms with Crippen LogP contribution in [0.3, 0.4) is 0 Å². The third kappa shape index (κ3) is 6.26. The van der Waals surface area contributed by atoms with E-state index in [-0.39, 0.29) is 30.2 Å². The fourth-order valence-corrected chi connectivity index (χ4v) is 10.6. The summed E-state index contributed by atoms with van der Waals surface area (Å²) in [6, 6.07) is 17.4. The zero-order valence-corrected chi connectivity index (χ0v) is 33.1. The van der Waals surface area contributed by atoms with E-state index in [0.29, 0.717) is 59.5 Å². The fourth-order valence-electron chi connectivity index (χ4n) is 10.4. The smallest absolute Gasteiger partial charge is 0.262 e. The molecule has 4 fully saturated rings. The summed E-state index contributed by atoms with van der Waals surface area (Å²) in [6.07, 6.45) is 5.20. The number of nitrogens with one attached hydrogen (secondary N) is 1. The lowest BCUT2D eigenvalue weighted by molar-refractivity contribution is -0.136. The van der Waals surface area contributed by atoms with Gasteiger partial charge in [-0.05, 0) is 123 Å². The molecule has 9 rings (SSSR count). The Morgan fingerprint density at radius 3 is 2.11 bits per heavy atom. The number of carbonyl (C=O) groups excluding carboxylic acids is 5. The number of hydrogen-bond acceptors (Lipinski definition) is 9. The van der Waals surface area contributed by atoms with Gasteiger partial charge < -0.3 is 14.7 Å². The summed E-state index contributed by atoms with van der Waals surface area (Å²) in [6.45, 7) is 9.87. The van der Waals surface area contributed by atoms with Gasteiger partial charge in [0.2, 0.25) is 11.8 Å². The van der Waals surface area contributed by atoms with Crippen molar-refractivity contribution in [2.45, 2.75) is 90.0 Å². The number of carbonyl (C=O) groups is 5. The fraction of sp³-hybridized carbons (Fsp3) is 0.455. The van der Waals surface area contributed by atoms with E-state index in [1.54, 1.807) is 12.1 Å². The van der Waals surface area contributed by atoms with Crippen LogP contribution in [0.5, 0.6) is 0 Å². The van der Waals surface area contributed by atoms with Gasteiger partial charge in [-0.15, -0.1) is 0 Å². The maximum Gasteiger partial charge on any atom is 0.262 e. The molecule has 57 heavy (non-hydrogen) atoms. The Labute approximate surface area is 337 Å². The Morgan fingerprint density at radius 2 is 1.49 bits per heavy atom. The lowest BCUT2D eigenvalue weighted by Gasteiger charge is -2.44. The first-order valence-corrected chi connectivity index (χ1v) is 20.6. The molecule has 0 bridgehead atoms. The summed E-state index contributed by atoms with van der Waals surface area (Å²) < 4.78 is 0. The number of nitrogens with zero attached hydrogens (tertiary/aromatic N) is 6. The number of piperidine rings is 3. The minimum absolute atomic E-state index is 0.0504. The van der Waals surface area contributed by atoms with Crippen molar-refractivity contribution in [1.29, 1.82) is 5.26 Å². The van der Waals surface area contributed by atoms with Gasteiger partial charge in [-0.1, -0.05) is 11.6 Å². The molecule has 2 unspecified atom stereocenters. The van der Waals surface area contributed by atoms with Crippen LogP contribution in [0.2, 0.25) is 5.02 Å². The maximum atomic E-state index is 13.6. The topological polar surface area (TPSA) is 137 Å². The van der Waals surface area contributed by atoms with E-state index in [1.165, 1.54) is 0 Å². The minimum Gasteiger partial charge on any atom is -0.371 e. The second-order valence-corrected chi connectivity index (χ2v) is 17.1. The van der Waals surface area contributed by atoms with Gasteiger partial charge in [0, 0.05) is 81.3 Å². The first-order valence-electron chi connectivity index (χ1n) is 20.2. The molecule has 0 aliphatic carbocycles. The van der Waals surface area contributed by atoms with Gasteiger partial charge in [-0.2, -0.15) is 5.26 Å². The Morgan fingerprint density at radius 1 is 0.860 bits per heavy atom. The number of imide groups is 2. The van der Waals surface area contributed by atoms with Gasteiger partial charge in [0.05, 0.1) is 21.7 Å². The Kier molecular flexibility index (Phi) is 9.36. The molecule has 0 radical (unpaired) electrons. The van der Waals surface area contributed by atoms with E-state index >= 15 is 0 Å². The monoisotopic (exact) mass is 787 g/mol. The second-order valence-electron chi connectivity index (χ2n) is 16.7. The highest BCUT2D eigenvalue weighted by Crippen LogP contribution is 2.48. The molecule has 0 aromatic heterocycles. The summed E-state index contributed by atoms with van der Waals surface area (Å²) in [5, 5.41) is 12.2. The molecule has 6 heterocycles. The minimum atomic E-state index is -0.975. The predicted molar refractivity (Wildman–Crippen MR) is 214 cm³/mol. The van der Waals surface area contributed by atoms with Crippen molar-refractivity contribution in [2.75, 3.05) is 42.5 Å². The van der Waals surface area contributed by atoms with Crippen molar-refractivity contribution < 1.29 is 24.0 Å². The van der Waals surface area contributed by atoms with E-state index in [0.717, 1.165) is 84.7 Å². The van der Waals surface area contributed by atoms with Gasteiger partial charge in [-0.3, -0.25) is 39.1 Å². The normalized spacial score (nSPS) is 23.6. The molecule has 13 heteroatoms. The van der Waals surface area contributed by atoms with Crippen LogP contribution < -0.4 is 15.1 Å². The number of amides is 5. The van der Waals surface area contributed by atoms with Gasteiger partial charge in [0.1, 0.15) is 12.1 Å². The second kappa shape index (κ2) is 14.3. The standard InChI is InChI=1S/C44H46ClN7O5/c1-26-36(8-5-29(23-46)39(26)45)51-20-15-44(27(51)2)13-18-48(19-14-44)32-6-3-28(4-7-32)41(55)49-16-11-33(12-17-49)50-24-30-21-34-35(22-31(30)25-50)43(57)52(42(34)56)37-9-10-38(53)47-40(37)54/h3-8,21-22,27,33,37H,9-20,24-25H2,1-2H3,(H,47,53,54). The van der Waals surface area contributed by atoms with Crippen molar-refractivity contribution in [1.82, 2.24) is 20.0 Å². The number of fused-ring (bicyclic) bond motifs is 2. The van der Waals surface area contributed by atoms with Crippen LogP contribution in [0.4, 0.5) is 11.4 Å². The van der Waals surface area contributed by atoms with E-state index in [1.807, 2.05) is 36.1 Å². The lowest BCUT2D eigenvalue weighted by atomic mass is 9.73. The number of benzene rings is 3. The molecule has 5 amide bonds. The number of rotatable bonds is 5. The van der Waals surface area contributed by atoms with Crippen molar-refractivity contribution in [3.63, 3.8) is 0 Å². The first-order chi connectivity index (χ1) is 27.5. The molecule has 3 aromatic carbocycles. The summed E-state index contributed by atoms with van der Waals surface area (Å²) >= 11 is 6.54. The number of nitriles is 1. The van der Waals surface area contributed by atoms with Crippen molar-refractivity contribution >= 4 is 52.5 Å². The molecule has 1 N–H and O–H groups in total. The molecule has 2 atom stereocenters. The average Bonchev–Trinajstić information content (AvgIpc) is 3.86. The van der Waals surface area contributed by atoms with Crippen LogP contribution in [-0.2, 0) is 22.7 Å². The largest absolute Gasteiger partial charge is 0.371 e. The van der Waals surface area contributed by atoms with Crippen LogP contribution in [0.25, 0.3) is 0 Å². The Bertz CT molecular complexity index is 2210. The van der Waals surface area contributed by atoms with Crippen LogP contribution in [0.15, 0.2) is 48.5 Å². The molecule has 294 valence electrons. The molecular weight excluding hydrogens is 742 g/mol. The number of anilines is 2. The first kappa shape index (κ1) is 37.3. The molecule has 1 spiro atoms. The van der Waals surface area contributed by atoms with E-state index in [2.05, 4.69) is 45.1 Å². The molecule has 0 saturated carbocycles. The Hall–Kier alpha value is -5.25. The third-order valence-corrected chi connectivity index (χ3v) is 14.5. The highest BCUT2D eigenvalue weighted by Gasteiger charge is 2.48. The summed E-state index contributed by atoms with van der Waals surface area (Å²) in [7, 11) is 0. The number of halogens is 1. The zero-order valence-electron chi connectivity index (χ0n) is 32.4. The van der Waals surface area contributed by atoms with Crippen LogP contribution in [-0.4, -0.2) is 95.1 Å². The van der Waals surface area contributed by atoms with Gasteiger partial charge in [0.15, 0.2) is 0 Å². The number of likely N-dealkylation sites (tertiary alicyclic amines) is 1. The van der Waals surface area contributed by atoms with Gasteiger partial charge in [-0.25, -0.2) is 0 Å². The summed E-state index contributed by atoms with van der Waals surface area (Å²) in [4.78, 5) is 74.7. The van der Waals surface area contributed by atoms with E-state index in [4.69, 9.17) is 11.6 Å². The molecule has 6 aliphatic heterocycles. The van der Waals surface area contributed by atoms with Crippen LogP contribution >= 0.6 is 11.6 Å². The van der Waals surface area contributed by atoms with Crippen LogP contribution in [0.1, 0.15) is 105 Å².